The zero-order valence-corrected chi connectivity index (χ0v) is 43.5. The first-order valence-electron chi connectivity index (χ1n) is 25.2. The van der Waals surface area contributed by atoms with Gasteiger partial charge in [-0.2, -0.15) is 0 Å². The Hall–Kier alpha value is -6.82. The summed E-state index contributed by atoms with van der Waals surface area (Å²) in [6, 6.07) is 17.6. The van der Waals surface area contributed by atoms with E-state index in [-0.39, 0.29) is 43.7 Å². The lowest BCUT2D eigenvalue weighted by Crippen LogP contribution is -2.62. The fourth-order valence-corrected chi connectivity index (χ4v) is 10.8. The number of aryl methyl sites for hydroxylation is 1. The van der Waals surface area contributed by atoms with Gasteiger partial charge in [-0.1, -0.05) is 52.0 Å². The van der Waals surface area contributed by atoms with Crippen molar-refractivity contribution in [2.45, 2.75) is 109 Å². The first-order valence-corrected chi connectivity index (χ1v) is 25.2. The Bertz CT molecular complexity index is 2900. The second-order valence-corrected chi connectivity index (χ2v) is 21.1. The molecule has 6 bridgehead atoms. The Morgan fingerprint density at radius 1 is 1.03 bits per heavy atom. The Morgan fingerprint density at radius 2 is 1.78 bits per heavy atom. The molecule has 8 rings (SSSR count). The summed E-state index contributed by atoms with van der Waals surface area (Å²) in [6.45, 7) is 10.9. The van der Waals surface area contributed by atoms with Crippen LogP contribution in [0.25, 0.3) is 33.3 Å². The number of methoxy groups -OCH3 is 2. The number of aromatic nitrogens is 2. The number of carbonyl (C=O) groups is 5. The highest BCUT2D eigenvalue weighted by Crippen LogP contribution is 2.51. The molecule has 73 heavy (non-hydrogen) atoms. The minimum Gasteiger partial charge on any atom is -0.508 e. The molecule has 17 heteroatoms. The van der Waals surface area contributed by atoms with E-state index in [1.165, 1.54) is 28.9 Å². The fourth-order valence-electron chi connectivity index (χ4n) is 10.8. The van der Waals surface area contributed by atoms with Crippen molar-refractivity contribution in [2.75, 3.05) is 48.0 Å². The van der Waals surface area contributed by atoms with Gasteiger partial charge in [-0.05, 0) is 114 Å². The minimum atomic E-state index is -1.21. The quantitative estimate of drug-likeness (QED) is 0.104. The number of benzene rings is 3. The lowest BCUT2D eigenvalue weighted by Gasteiger charge is -2.37. The molecular formula is C56H70N8O9. The van der Waals surface area contributed by atoms with Gasteiger partial charge < -0.3 is 44.7 Å². The van der Waals surface area contributed by atoms with Gasteiger partial charge in [-0.25, -0.2) is 5.43 Å². The molecule has 0 radical (unpaired) electrons. The predicted octanol–water partition coefficient (Wildman–Crippen LogP) is 5.73. The van der Waals surface area contributed by atoms with Gasteiger partial charge in [-0.3, -0.25) is 34.0 Å². The van der Waals surface area contributed by atoms with Crippen molar-refractivity contribution < 1.29 is 43.3 Å². The number of pyridine rings is 1. The number of likely N-dealkylation sites (N-methyl/N-ethyl adjacent to an activating group) is 2. The van der Waals surface area contributed by atoms with Crippen LogP contribution in [0.2, 0.25) is 0 Å². The third-order valence-electron chi connectivity index (χ3n) is 14.7. The number of carbonyl (C=O) groups excluding carboxylic acids is 5. The number of nitrogens with one attached hydrogen (secondary N) is 2. The Kier molecular flexibility index (Phi) is 15.3. The summed E-state index contributed by atoms with van der Waals surface area (Å²) in [6.07, 6.45) is 5.43. The predicted molar refractivity (Wildman–Crippen MR) is 277 cm³/mol. The molecule has 2 aliphatic heterocycles. The van der Waals surface area contributed by atoms with Crippen LogP contribution in [-0.2, 0) is 59.4 Å². The van der Waals surface area contributed by atoms with Gasteiger partial charge in [-0.15, -0.1) is 0 Å². The largest absolute Gasteiger partial charge is 0.508 e. The number of rotatable bonds is 13. The van der Waals surface area contributed by atoms with Gasteiger partial charge in [0.1, 0.15) is 35.2 Å². The second kappa shape index (κ2) is 21.3. The van der Waals surface area contributed by atoms with E-state index in [2.05, 4.69) is 53.2 Å². The van der Waals surface area contributed by atoms with E-state index in [0.29, 0.717) is 55.7 Å². The molecule has 2 fully saturated rings. The maximum absolute atomic E-state index is 14.8. The van der Waals surface area contributed by atoms with E-state index >= 15 is 0 Å². The molecule has 5 aromatic rings. The highest BCUT2D eigenvalue weighted by Gasteiger charge is 2.59. The lowest BCUT2D eigenvalue weighted by atomic mass is 9.84. The monoisotopic (exact) mass is 999 g/mol. The molecule has 1 unspecified atom stereocenters. The highest BCUT2D eigenvalue weighted by molar-refractivity contribution is 5.97. The number of hydrazine groups is 1. The molecule has 388 valence electrons. The number of phenolic OH excluding ortho intramolecular Hbond substituents is 1. The van der Waals surface area contributed by atoms with E-state index in [1.807, 2.05) is 48.7 Å². The van der Waals surface area contributed by atoms with Gasteiger partial charge in [0, 0.05) is 80.9 Å². The topological polar surface area (TPSA) is 211 Å². The summed E-state index contributed by atoms with van der Waals surface area (Å²) in [5.41, 5.74) is 15.9. The van der Waals surface area contributed by atoms with Crippen LogP contribution in [-0.4, -0.2) is 131 Å². The van der Waals surface area contributed by atoms with Crippen LogP contribution in [0.3, 0.4) is 0 Å². The second-order valence-electron chi connectivity index (χ2n) is 21.1. The van der Waals surface area contributed by atoms with E-state index < -0.39 is 58.7 Å². The van der Waals surface area contributed by atoms with Crippen LogP contribution >= 0.6 is 0 Å². The van der Waals surface area contributed by atoms with Gasteiger partial charge in [0.05, 0.1) is 32.6 Å². The Balaban J connectivity index is 1.11. The van der Waals surface area contributed by atoms with Crippen LogP contribution in [0, 0.1) is 11.3 Å². The number of ether oxygens (including phenoxy) is 3. The number of fused-ring (bicyclic) bond motifs is 6. The van der Waals surface area contributed by atoms with Crippen molar-refractivity contribution in [3.8, 4) is 33.9 Å². The number of aromatic hydroxyl groups is 1. The van der Waals surface area contributed by atoms with E-state index in [4.69, 9.17) is 19.9 Å². The molecule has 2 aromatic heterocycles. The number of esters is 1. The summed E-state index contributed by atoms with van der Waals surface area (Å²) < 4.78 is 19.3. The van der Waals surface area contributed by atoms with Crippen molar-refractivity contribution in [1.82, 2.24) is 35.1 Å². The summed E-state index contributed by atoms with van der Waals surface area (Å²) in [5.74, 6) is -2.49. The zero-order valence-electron chi connectivity index (χ0n) is 43.5. The molecule has 5 N–H and O–H groups in total. The van der Waals surface area contributed by atoms with Crippen LogP contribution in [0.1, 0.15) is 82.1 Å². The molecule has 3 aliphatic rings. The Morgan fingerprint density at radius 3 is 2.48 bits per heavy atom. The van der Waals surface area contributed by atoms with Gasteiger partial charge >= 0.3 is 5.97 Å². The van der Waals surface area contributed by atoms with E-state index in [1.54, 1.807) is 46.4 Å². The summed E-state index contributed by atoms with van der Waals surface area (Å²) >= 11 is 0. The molecule has 17 nitrogen and oxygen atoms in total. The van der Waals surface area contributed by atoms with E-state index in [9.17, 15) is 29.1 Å². The van der Waals surface area contributed by atoms with Crippen molar-refractivity contribution in [1.29, 1.82) is 0 Å². The third-order valence-corrected chi connectivity index (χ3v) is 14.7. The van der Waals surface area contributed by atoms with Crippen LogP contribution < -0.4 is 21.2 Å². The lowest BCUT2D eigenvalue weighted by molar-refractivity contribution is -0.155. The summed E-state index contributed by atoms with van der Waals surface area (Å²) in [4.78, 5) is 78.4. The van der Waals surface area contributed by atoms with Crippen LogP contribution in [0.15, 0.2) is 79.1 Å². The third kappa shape index (κ3) is 10.9. The van der Waals surface area contributed by atoms with E-state index in [0.717, 1.165) is 44.4 Å². The first-order chi connectivity index (χ1) is 34.8. The van der Waals surface area contributed by atoms with Gasteiger partial charge in [0.25, 0.3) is 5.91 Å². The number of nitrogens with zero attached hydrogens (tertiary/aromatic N) is 5. The van der Waals surface area contributed by atoms with Crippen molar-refractivity contribution in [3.05, 3.63) is 101 Å². The molecular weight excluding hydrogens is 929 g/mol. The van der Waals surface area contributed by atoms with Gasteiger partial charge in [0.15, 0.2) is 0 Å². The number of hydrogen-bond acceptors (Lipinski definition) is 12. The van der Waals surface area contributed by atoms with Crippen molar-refractivity contribution >= 4 is 40.5 Å². The fraction of sp³-hybridized carbons (Fsp3) is 0.464. The average molecular weight is 999 g/mol. The number of hydrogen-bond donors (Lipinski definition) is 4. The maximum Gasteiger partial charge on any atom is 0.324 e. The van der Waals surface area contributed by atoms with Crippen LogP contribution in [0.4, 0.5) is 0 Å². The average Bonchev–Trinajstić information content (AvgIpc) is 3.98. The zero-order chi connectivity index (χ0) is 52.5. The number of cyclic esters (lactones) is 1. The smallest absolute Gasteiger partial charge is 0.324 e. The summed E-state index contributed by atoms with van der Waals surface area (Å²) in [7, 11) is 6.27. The molecule has 1 saturated carbocycles. The first kappa shape index (κ1) is 52.5. The summed E-state index contributed by atoms with van der Waals surface area (Å²) in [5, 5.41) is 16.7. The van der Waals surface area contributed by atoms with Gasteiger partial charge in [0.2, 0.25) is 17.7 Å². The number of nitrogens with two attached hydrogens (primary N) is 1. The van der Waals surface area contributed by atoms with Crippen molar-refractivity contribution in [2.24, 2.45) is 17.1 Å². The SMILES string of the molecule is CCn1c(-c2cnccc2COC)c2c3cc(ccc31)-c1cc(O)cc(c1)C[C@H](NC(=O)[C@H](C(C)C)N(C)C(=O)CN(C)C(=O)C1(N)C[C@H]1c1ccc(OC)cc1)C(=O)N1CCC[C@H](N1)C(=O)OCC(C)(C)C2. The molecule has 5 atom stereocenters. The molecule has 3 aromatic carbocycles. The molecule has 1 aliphatic carbocycles. The number of amides is 4. The normalized spacial score (nSPS) is 21.2. The highest BCUT2D eigenvalue weighted by atomic mass is 16.5. The van der Waals surface area contributed by atoms with Crippen LogP contribution in [0.5, 0.6) is 11.5 Å². The molecule has 4 amide bonds. The standard InChI is InChI=1S/C56H70N8O9/c1-10-63-47-18-15-36-26-41(47)42(50(63)43-29-58-20-19-37(43)31-71-8)27-55(4,5)32-73-53(69)45-12-11-21-64(60-45)52(68)46(24-34-22-38(36)25-39(65)23-34)59-51(67)49(33(2)3)62(7)48(66)30-61(6)54(70)56(57)28-44(56)35-13-16-40(72-9)17-14-35/h13-20,22-23,25-26,29,33,44-46,49,60,65H,10-12,21,24,27-28,30-32,57H2,1-9H3,(H,59,67)/t44-,45-,46-,49-,56?/m0/s1. The maximum atomic E-state index is 14.8. The molecule has 1 saturated heterocycles. The minimum absolute atomic E-state index is 0.0315. The number of phenols is 1. The molecule has 4 heterocycles. The Labute approximate surface area is 427 Å². The van der Waals surface area contributed by atoms with Crippen molar-refractivity contribution in [3.63, 3.8) is 0 Å². The molecule has 0 spiro atoms.